The Morgan fingerprint density at radius 3 is 2.74 bits per heavy atom. The van der Waals surface area contributed by atoms with Gasteiger partial charge in [0.15, 0.2) is 0 Å². The third-order valence-corrected chi connectivity index (χ3v) is 5.17. The Labute approximate surface area is 120 Å². The highest BCUT2D eigenvalue weighted by molar-refractivity contribution is 7.09. The molecule has 106 valence electrons. The minimum atomic E-state index is 0.360. The smallest absolute Gasteiger partial charge is 0.222 e. The number of hydrogen-bond acceptors (Lipinski definition) is 2. The van der Waals surface area contributed by atoms with Crippen LogP contribution >= 0.6 is 11.3 Å². The molecule has 0 N–H and O–H groups in total. The zero-order chi connectivity index (χ0) is 13.7. The lowest BCUT2D eigenvalue weighted by molar-refractivity contribution is -0.132. The van der Waals surface area contributed by atoms with Crippen molar-refractivity contribution in [2.45, 2.75) is 46.0 Å². The van der Waals surface area contributed by atoms with Crippen molar-refractivity contribution in [2.75, 3.05) is 13.1 Å². The number of amides is 1. The maximum Gasteiger partial charge on any atom is 0.222 e. The molecule has 2 heterocycles. The van der Waals surface area contributed by atoms with Crippen LogP contribution in [0.3, 0.4) is 0 Å². The van der Waals surface area contributed by atoms with E-state index in [1.165, 1.54) is 17.7 Å². The number of carbonyl (C=O) groups excluding carboxylic acids is 1. The molecule has 0 aromatic carbocycles. The van der Waals surface area contributed by atoms with Crippen LogP contribution in [-0.2, 0) is 11.2 Å². The van der Waals surface area contributed by atoms with E-state index in [4.69, 9.17) is 0 Å². The molecular weight excluding hydrogens is 254 g/mol. The fourth-order valence-corrected chi connectivity index (χ4v) is 3.59. The largest absolute Gasteiger partial charge is 0.343 e. The summed E-state index contributed by atoms with van der Waals surface area (Å²) in [6.45, 7) is 6.54. The standard InChI is InChI=1S/C16H25NOS/c1-13(2)14-8-10-17(11-9-14)16(18)7-3-5-15-6-4-12-19-15/h4,6,12-14H,3,5,7-11H2,1-2H3. The van der Waals surface area contributed by atoms with Gasteiger partial charge in [0.25, 0.3) is 0 Å². The monoisotopic (exact) mass is 279 g/mol. The van der Waals surface area contributed by atoms with E-state index in [9.17, 15) is 4.79 Å². The first-order valence-electron chi connectivity index (χ1n) is 7.47. The van der Waals surface area contributed by atoms with Crippen molar-refractivity contribution in [3.8, 4) is 0 Å². The second-order valence-electron chi connectivity index (χ2n) is 5.90. The molecule has 1 fully saturated rings. The van der Waals surface area contributed by atoms with Gasteiger partial charge >= 0.3 is 0 Å². The van der Waals surface area contributed by atoms with Gasteiger partial charge in [-0.25, -0.2) is 0 Å². The Morgan fingerprint density at radius 2 is 2.16 bits per heavy atom. The summed E-state index contributed by atoms with van der Waals surface area (Å²) in [5.74, 6) is 1.94. The van der Waals surface area contributed by atoms with Crippen molar-refractivity contribution >= 4 is 17.2 Å². The molecule has 1 aliphatic heterocycles. The van der Waals surface area contributed by atoms with Gasteiger partial charge in [0, 0.05) is 24.4 Å². The summed E-state index contributed by atoms with van der Waals surface area (Å²) in [5, 5.41) is 2.11. The Bertz CT molecular complexity index is 377. The van der Waals surface area contributed by atoms with Crippen molar-refractivity contribution in [1.82, 2.24) is 4.90 Å². The number of likely N-dealkylation sites (tertiary alicyclic amines) is 1. The van der Waals surface area contributed by atoms with Crippen molar-refractivity contribution in [1.29, 1.82) is 0 Å². The van der Waals surface area contributed by atoms with E-state index < -0.39 is 0 Å². The maximum atomic E-state index is 12.1. The van der Waals surface area contributed by atoms with Crippen molar-refractivity contribution in [3.05, 3.63) is 22.4 Å². The second-order valence-corrected chi connectivity index (χ2v) is 6.93. The average molecular weight is 279 g/mol. The van der Waals surface area contributed by atoms with Crippen LogP contribution in [0, 0.1) is 11.8 Å². The molecule has 2 nitrogen and oxygen atoms in total. The number of thiophene rings is 1. The van der Waals surface area contributed by atoms with Crippen molar-refractivity contribution in [2.24, 2.45) is 11.8 Å². The fraction of sp³-hybridized carbons (Fsp3) is 0.688. The van der Waals surface area contributed by atoms with E-state index in [2.05, 4.69) is 36.3 Å². The third-order valence-electron chi connectivity index (χ3n) is 4.23. The van der Waals surface area contributed by atoms with E-state index in [-0.39, 0.29) is 0 Å². The predicted octanol–water partition coefficient (Wildman–Crippen LogP) is 3.97. The van der Waals surface area contributed by atoms with Crippen LogP contribution in [0.2, 0.25) is 0 Å². The zero-order valence-corrected chi connectivity index (χ0v) is 12.9. The number of hydrogen-bond donors (Lipinski definition) is 0. The first-order chi connectivity index (χ1) is 9.16. The van der Waals surface area contributed by atoms with Gasteiger partial charge in [-0.1, -0.05) is 19.9 Å². The molecule has 0 aliphatic carbocycles. The first kappa shape index (κ1) is 14.6. The summed E-state index contributed by atoms with van der Waals surface area (Å²) in [4.78, 5) is 15.6. The van der Waals surface area contributed by atoms with E-state index >= 15 is 0 Å². The number of carbonyl (C=O) groups is 1. The van der Waals surface area contributed by atoms with Crippen LogP contribution < -0.4 is 0 Å². The van der Waals surface area contributed by atoms with Crippen LogP contribution in [-0.4, -0.2) is 23.9 Å². The summed E-state index contributed by atoms with van der Waals surface area (Å²) >= 11 is 1.79. The van der Waals surface area contributed by atoms with E-state index in [0.29, 0.717) is 12.3 Å². The number of rotatable bonds is 5. The summed E-state index contributed by atoms with van der Waals surface area (Å²) in [6, 6.07) is 4.24. The molecule has 0 spiro atoms. The minimum Gasteiger partial charge on any atom is -0.343 e. The van der Waals surface area contributed by atoms with Crippen LogP contribution in [0.4, 0.5) is 0 Å². The summed E-state index contributed by atoms with van der Waals surface area (Å²) in [7, 11) is 0. The highest BCUT2D eigenvalue weighted by Crippen LogP contribution is 2.25. The molecule has 0 radical (unpaired) electrons. The summed E-state index contributed by atoms with van der Waals surface area (Å²) in [5.41, 5.74) is 0. The number of nitrogens with zero attached hydrogens (tertiary/aromatic N) is 1. The highest BCUT2D eigenvalue weighted by atomic mass is 32.1. The van der Waals surface area contributed by atoms with Crippen molar-refractivity contribution in [3.63, 3.8) is 0 Å². The normalized spacial score (nSPS) is 17.1. The van der Waals surface area contributed by atoms with Gasteiger partial charge in [0.1, 0.15) is 0 Å². The average Bonchev–Trinajstić information content (AvgIpc) is 2.92. The van der Waals surface area contributed by atoms with Crippen LogP contribution in [0.15, 0.2) is 17.5 Å². The van der Waals surface area contributed by atoms with E-state index in [1.54, 1.807) is 11.3 Å². The Balaban J connectivity index is 1.67. The van der Waals surface area contributed by atoms with Gasteiger partial charge in [-0.3, -0.25) is 4.79 Å². The minimum absolute atomic E-state index is 0.360. The van der Waals surface area contributed by atoms with Gasteiger partial charge in [0.05, 0.1) is 0 Å². The van der Waals surface area contributed by atoms with E-state index in [0.717, 1.165) is 37.8 Å². The Morgan fingerprint density at radius 1 is 1.42 bits per heavy atom. The maximum absolute atomic E-state index is 12.1. The van der Waals surface area contributed by atoms with Gasteiger partial charge in [-0.15, -0.1) is 11.3 Å². The molecular formula is C16H25NOS. The number of aryl methyl sites for hydroxylation is 1. The Kier molecular flexibility index (Phi) is 5.44. The van der Waals surface area contributed by atoms with Crippen LogP contribution in [0.25, 0.3) is 0 Å². The number of piperidine rings is 1. The molecule has 0 atom stereocenters. The zero-order valence-electron chi connectivity index (χ0n) is 12.1. The topological polar surface area (TPSA) is 20.3 Å². The van der Waals surface area contributed by atoms with Gasteiger partial charge in [-0.05, 0) is 49.0 Å². The molecule has 3 heteroatoms. The summed E-state index contributed by atoms with van der Waals surface area (Å²) < 4.78 is 0. The lowest BCUT2D eigenvalue weighted by atomic mass is 9.86. The summed E-state index contributed by atoms with van der Waals surface area (Å²) in [6.07, 6.45) is 5.13. The second kappa shape index (κ2) is 7.09. The lowest BCUT2D eigenvalue weighted by Crippen LogP contribution is -2.39. The quantitative estimate of drug-likeness (QED) is 0.798. The Hall–Kier alpha value is -0.830. The molecule has 1 saturated heterocycles. The molecule has 2 rings (SSSR count). The van der Waals surface area contributed by atoms with Crippen molar-refractivity contribution < 1.29 is 4.79 Å². The predicted molar refractivity (Wildman–Crippen MR) is 81.4 cm³/mol. The van der Waals surface area contributed by atoms with Gasteiger partial charge in [-0.2, -0.15) is 0 Å². The first-order valence-corrected chi connectivity index (χ1v) is 8.35. The molecule has 1 aromatic rings. The molecule has 1 amide bonds. The van der Waals surface area contributed by atoms with Crippen LogP contribution in [0.1, 0.15) is 44.4 Å². The molecule has 0 bridgehead atoms. The van der Waals surface area contributed by atoms with E-state index in [1.807, 2.05) is 0 Å². The molecule has 1 aliphatic rings. The highest BCUT2D eigenvalue weighted by Gasteiger charge is 2.23. The molecule has 0 unspecified atom stereocenters. The van der Waals surface area contributed by atoms with Gasteiger partial charge < -0.3 is 4.90 Å². The lowest BCUT2D eigenvalue weighted by Gasteiger charge is -2.34. The van der Waals surface area contributed by atoms with Crippen LogP contribution in [0.5, 0.6) is 0 Å². The SMILES string of the molecule is CC(C)C1CCN(C(=O)CCCc2cccs2)CC1. The van der Waals surface area contributed by atoms with Gasteiger partial charge in [0.2, 0.25) is 5.91 Å². The molecule has 0 saturated carbocycles. The molecule has 19 heavy (non-hydrogen) atoms. The fourth-order valence-electron chi connectivity index (χ4n) is 2.84. The third kappa shape index (κ3) is 4.34. The molecule has 1 aromatic heterocycles.